The number of carbonyl (C=O) groups excluding carboxylic acids is 1. The van der Waals surface area contributed by atoms with E-state index < -0.39 is 15.8 Å². The second-order valence-corrected chi connectivity index (χ2v) is 7.71. The minimum atomic E-state index is -3.01. The lowest BCUT2D eigenvalue weighted by atomic mass is 10.0. The zero-order valence-electron chi connectivity index (χ0n) is 11.9. The van der Waals surface area contributed by atoms with Gasteiger partial charge in [-0.3, -0.25) is 9.59 Å². The average molecular weight is 306 g/mol. The topological polar surface area (TPSA) is 95.0 Å². The van der Waals surface area contributed by atoms with Crippen LogP contribution in [-0.2, 0) is 19.4 Å². The van der Waals surface area contributed by atoms with E-state index in [0.717, 1.165) is 0 Å². The number of nitrogens with zero attached hydrogens (tertiary/aromatic N) is 2. The summed E-state index contributed by atoms with van der Waals surface area (Å²) in [6, 6.07) is 0. The smallest absolute Gasteiger partial charge is 0.323 e. The SMILES string of the molecule is CN(C)CCN(CC(=O)O)C(=O)CC1CCS(=O)(=O)C1. The summed E-state index contributed by atoms with van der Waals surface area (Å²) in [5.74, 6) is -1.36. The van der Waals surface area contributed by atoms with Crippen LogP contribution in [0.15, 0.2) is 0 Å². The Balaban J connectivity index is 2.56. The van der Waals surface area contributed by atoms with Crippen LogP contribution >= 0.6 is 0 Å². The molecule has 0 aliphatic carbocycles. The van der Waals surface area contributed by atoms with Crippen molar-refractivity contribution in [2.75, 3.05) is 45.2 Å². The molecule has 1 aliphatic rings. The molecule has 1 N–H and O–H groups in total. The van der Waals surface area contributed by atoms with Crippen LogP contribution in [0.3, 0.4) is 0 Å². The molecule has 1 heterocycles. The Morgan fingerprint density at radius 1 is 1.25 bits per heavy atom. The van der Waals surface area contributed by atoms with Gasteiger partial charge in [0.1, 0.15) is 6.54 Å². The molecular formula is C12H22N2O5S. The van der Waals surface area contributed by atoms with E-state index in [4.69, 9.17) is 5.11 Å². The van der Waals surface area contributed by atoms with Crippen LogP contribution < -0.4 is 0 Å². The number of hydrogen-bond donors (Lipinski definition) is 1. The first-order chi connectivity index (χ1) is 9.19. The first-order valence-corrected chi connectivity index (χ1v) is 8.36. The van der Waals surface area contributed by atoms with Crippen molar-refractivity contribution in [2.24, 2.45) is 5.92 Å². The summed E-state index contributed by atoms with van der Waals surface area (Å²) in [4.78, 5) is 26.1. The summed E-state index contributed by atoms with van der Waals surface area (Å²) in [7, 11) is 0.670. The van der Waals surface area contributed by atoms with Gasteiger partial charge in [0.15, 0.2) is 9.84 Å². The molecule has 0 spiro atoms. The quantitative estimate of drug-likeness (QED) is 0.667. The summed E-state index contributed by atoms with van der Waals surface area (Å²) in [6.07, 6.45) is 0.600. The van der Waals surface area contributed by atoms with Crippen molar-refractivity contribution >= 4 is 21.7 Å². The van der Waals surface area contributed by atoms with E-state index in [0.29, 0.717) is 19.5 Å². The Labute approximate surface area is 119 Å². The highest BCUT2D eigenvalue weighted by molar-refractivity contribution is 7.91. The van der Waals surface area contributed by atoms with Crippen molar-refractivity contribution in [3.63, 3.8) is 0 Å². The van der Waals surface area contributed by atoms with Crippen LogP contribution in [0.5, 0.6) is 0 Å². The summed E-state index contributed by atoms with van der Waals surface area (Å²) >= 11 is 0. The molecule has 116 valence electrons. The highest BCUT2D eigenvalue weighted by atomic mass is 32.2. The Morgan fingerprint density at radius 2 is 1.90 bits per heavy atom. The molecule has 20 heavy (non-hydrogen) atoms. The predicted molar refractivity (Wildman–Crippen MR) is 74.1 cm³/mol. The van der Waals surface area contributed by atoms with Gasteiger partial charge in [0, 0.05) is 19.5 Å². The number of carbonyl (C=O) groups is 2. The minimum Gasteiger partial charge on any atom is -0.480 e. The number of aliphatic carboxylic acids is 1. The number of rotatable bonds is 7. The van der Waals surface area contributed by atoms with Gasteiger partial charge in [0.25, 0.3) is 0 Å². The molecule has 1 aliphatic heterocycles. The van der Waals surface area contributed by atoms with Crippen molar-refractivity contribution in [3.05, 3.63) is 0 Å². The molecular weight excluding hydrogens is 284 g/mol. The normalized spacial score (nSPS) is 21.1. The monoisotopic (exact) mass is 306 g/mol. The van der Waals surface area contributed by atoms with Gasteiger partial charge in [0.2, 0.25) is 5.91 Å². The van der Waals surface area contributed by atoms with Crippen molar-refractivity contribution < 1.29 is 23.1 Å². The fraction of sp³-hybridized carbons (Fsp3) is 0.833. The zero-order valence-corrected chi connectivity index (χ0v) is 12.7. The van der Waals surface area contributed by atoms with Gasteiger partial charge in [0.05, 0.1) is 11.5 Å². The zero-order chi connectivity index (χ0) is 15.3. The van der Waals surface area contributed by atoms with E-state index in [1.807, 2.05) is 19.0 Å². The molecule has 0 aromatic carbocycles. The molecule has 1 rings (SSSR count). The Bertz CT molecular complexity index is 460. The standard InChI is InChI=1S/C12H22N2O5S/c1-13(2)4-5-14(8-12(16)17)11(15)7-10-3-6-20(18,19)9-10/h10H,3-9H2,1-2H3,(H,16,17). The van der Waals surface area contributed by atoms with Crippen molar-refractivity contribution in [2.45, 2.75) is 12.8 Å². The van der Waals surface area contributed by atoms with Crippen LogP contribution in [0.1, 0.15) is 12.8 Å². The number of sulfone groups is 1. The lowest BCUT2D eigenvalue weighted by molar-refractivity contribution is -0.144. The maximum Gasteiger partial charge on any atom is 0.323 e. The molecule has 0 radical (unpaired) electrons. The Morgan fingerprint density at radius 3 is 2.35 bits per heavy atom. The molecule has 8 heteroatoms. The maximum absolute atomic E-state index is 12.1. The van der Waals surface area contributed by atoms with E-state index in [-0.39, 0.29) is 36.3 Å². The lowest BCUT2D eigenvalue weighted by Gasteiger charge is -2.23. The molecule has 1 unspecified atom stereocenters. The summed E-state index contributed by atoms with van der Waals surface area (Å²) < 4.78 is 22.7. The van der Waals surface area contributed by atoms with Crippen molar-refractivity contribution in [3.8, 4) is 0 Å². The van der Waals surface area contributed by atoms with Gasteiger partial charge in [-0.05, 0) is 26.4 Å². The van der Waals surface area contributed by atoms with Crippen LogP contribution in [-0.4, -0.2) is 80.4 Å². The molecule has 1 saturated heterocycles. The van der Waals surface area contributed by atoms with Crippen LogP contribution in [0.2, 0.25) is 0 Å². The van der Waals surface area contributed by atoms with E-state index in [2.05, 4.69) is 0 Å². The van der Waals surface area contributed by atoms with Gasteiger partial charge in [-0.1, -0.05) is 0 Å². The summed E-state index contributed by atoms with van der Waals surface area (Å²) in [5.41, 5.74) is 0. The van der Waals surface area contributed by atoms with Crippen LogP contribution in [0.4, 0.5) is 0 Å². The van der Waals surface area contributed by atoms with E-state index in [9.17, 15) is 18.0 Å². The van der Waals surface area contributed by atoms with E-state index >= 15 is 0 Å². The number of amides is 1. The summed E-state index contributed by atoms with van der Waals surface area (Å²) in [6.45, 7) is 0.561. The van der Waals surface area contributed by atoms with Crippen LogP contribution in [0.25, 0.3) is 0 Å². The number of hydrogen-bond acceptors (Lipinski definition) is 5. The third-order valence-electron chi connectivity index (χ3n) is 3.29. The number of likely N-dealkylation sites (N-methyl/N-ethyl adjacent to an activating group) is 1. The second-order valence-electron chi connectivity index (χ2n) is 5.49. The maximum atomic E-state index is 12.1. The second kappa shape index (κ2) is 7.03. The largest absolute Gasteiger partial charge is 0.480 e. The molecule has 1 amide bonds. The van der Waals surface area contributed by atoms with Crippen molar-refractivity contribution in [1.82, 2.24) is 9.80 Å². The first kappa shape index (κ1) is 16.9. The molecule has 0 aromatic heterocycles. The molecule has 1 fully saturated rings. The van der Waals surface area contributed by atoms with E-state index in [1.54, 1.807) is 0 Å². The van der Waals surface area contributed by atoms with Gasteiger partial charge < -0.3 is 14.9 Å². The Kier molecular flexibility index (Phi) is 5.94. The van der Waals surface area contributed by atoms with E-state index in [1.165, 1.54) is 4.90 Å². The fourth-order valence-electron chi connectivity index (χ4n) is 2.18. The van der Waals surface area contributed by atoms with Crippen LogP contribution in [0, 0.1) is 5.92 Å². The average Bonchev–Trinajstić information content (AvgIpc) is 2.63. The van der Waals surface area contributed by atoms with Gasteiger partial charge >= 0.3 is 5.97 Å². The number of carboxylic acids is 1. The molecule has 7 nitrogen and oxygen atoms in total. The highest BCUT2D eigenvalue weighted by Crippen LogP contribution is 2.22. The third kappa shape index (κ3) is 5.87. The molecule has 0 bridgehead atoms. The first-order valence-electron chi connectivity index (χ1n) is 6.54. The highest BCUT2D eigenvalue weighted by Gasteiger charge is 2.31. The molecule has 1 atom stereocenters. The Hall–Kier alpha value is -1.15. The predicted octanol–water partition coefficient (Wildman–Crippen LogP) is -0.714. The lowest BCUT2D eigenvalue weighted by Crippen LogP contribution is -2.40. The molecule has 0 aromatic rings. The van der Waals surface area contributed by atoms with Gasteiger partial charge in [-0.25, -0.2) is 8.42 Å². The minimum absolute atomic E-state index is 0.0351. The fourth-order valence-corrected chi connectivity index (χ4v) is 4.05. The summed E-state index contributed by atoms with van der Waals surface area (Å²) in [5, 5.41) is 8.84. The third-order valence-corrected chi connectivity index (χ3v) is 5.12. The van der Waals surface area contributed by atoms with Crippen molar-refractivity contribution in [1.29, 1.82) is 0 Å². The molecule has 0 saturated carbocycles. The number of carboxylic acid groups (broad SMARTS) is 1. The van der Waals surface area contributed by atoms with Gasteiger partial charge in [-0.15, -0.1) is 0 Å². The van der Waals surface area contributed by atoms with Gasteiger partial charge in [-0.2, -0.15) is 0 Å².